The van der Waals surface area contributed by atoms with Crippen LogP contribution in [0.4, 0.5) is 0 Å². The highest BCUT2D eigenvalue weighted by Crippen LogP contribution is 2.04. The van der Waals surface area contributed by atoms with Crippen LogP contribution in [0.25, 0.3) is 0 Å². The number of rotatable bonds is 9. The molecule has 6 nitrogen and oxygen atoms in total. The second-order valence-electron chi connectivity index (χ2n) is 4.10. The maximum atomic E-state index is 11.2. The number of hydrogen-bond donors (Lipinski definition) is 2. The summed E-state index contributed by atoms with van der Waals surface area (Å²) in [5, 5.41) is 18.8. The van der Waals surface area contributed by atoms with Gasteiger partial charge in [-0.05, 0) is 12.8 Å². The smallest absolute Gasteiger partial charge is 0.334 e. The molecule has 6 heteroatoms. The summed E-state index contributed by atoms with van der Waals surface area (Å²) < 4.78 is 9.52. The van der Waals surface area contributed by atoms with Crippen molar-refractivity contribution in [2.24, 2.45) is 0 Å². The molecule has 114 valence electrons. The highest BCUT2D eigenvalue weighted by Gasteiger charge is 2.08. The number of ether oxygens (including phenoxy) is 2. The monoisotopic (exact) mass is 286 g/mol. The van der Waals surface area contributed by atoms with Crippen molar-refractivity contribution in [3.8, 4) is 0 Å². The predicted octanol–water partition coefficient (Wildman–Crippen LogP) is 2.56. The van der Waals surface area contributed by atoms with Gasteiger partial charge in [0.05, 0.1) is 25.4 Å². The second kappa shape index (κ2) is 10.9. The van der Waals surface area contributed by atoms with Crippen LogP contribution in [0.15, 0.2) is 23.7 Å². The summed E-state index contributed by atoms with van der Waals surface area (Å²) in [4.78, 5) is 22.4. The average Bonchev–Trinajstić information content (AvgIpc) is 2.39. The van der Waals surface area contributed by atoms with Crippen LogP contribution in [0.2, 0.25) is 0 Å². The molecule has 0 saturated carbocycles. The Morgan fingerprint density at radius 2 is 1.20 bits per heavy atom. The van der Waals surface area contributed by atoms with Gasteiger partial charge in [0.25, 0.3) is 0 Å². The maximum absolute atomic E-state index is 11.2. The van der Waals surface area contributed by atoms with E-state index >= 15 is 0 Å². The number of unbranched alkanes of at least 4 members (excludes halogenated alkanes) is 2. The van der Waals surface area contributed by atoms with E-state index in [1.807, 2.05) is 13.8 Å². The summed E-state index contributed by atoms with van der Waals surface area (Å²) in [6.45, 7) is 4.37. The Labute approximate surface area is 118 Å². The molecule has 0 saturated heterocycles. The normalized spacial score (nSPS) is 12.1. The molecule has 0 radical (unpaired) electrons. The maximum Gasteiger partial charge on any atom is 0.334 e. The molecule has 0 spiro atoms. The third-order valence-corrected chi connectivity index (χ3v) is 2.26. The Hall–Kier alpha value is -1.98. The van der Waals surface area contributed by atoms with Crippen molar-refractivity contribution in [2.75, 3.05) is 13.2 Å². The molecule has 2 N–H and O–H groups in total. The van der Waals surface area contributed by atoms with Crippen molar-refractivity contribution in [2.45, 2.75) is 39.5 Å². The number of aliphatic hydroxyl groups excluding tert-OH is 2. The molecule has 0 atom stereocenters. The number of carbonyl (C=O) groups excluding carboxylic acids is 2. The van der Waals surface area contributed by atoms with E-state index in [0.717, 1.165) is 12.8 Å². The first-order chi connectivity index (χ1) is 9.51. The Bertz CT molecular complexity index is 334. The zero-order chi connectivity index (χ0) is 15.4. The molecule has 0 bridgehead atoms. The molecule has 0 aliphatic carbocycles. The fraction of sp³-hybridized carbons (Fsp3) is 0.571. The van der Waals surface area contributed by atoms with Crippen molar-refractivity contribution in [1.82, 2.24) is 0 Å². The Morgan fingerprint density at radius 1 is 0.850 bits per heavy atom. The molecule has 0 aromatic heterocycles. The van der Waals surface area contributed by atoms with Gasteiger partial charge >= 0.3 is 11.9 Å². The molecule has 0 aromatic carbocycles. The van der Waals surface area contributed by atoms with E-state index in [9.17, 15) is 19.8 Å². The van der Waals surface area contributed by atoms with Gasteiger partial charge in [-0.25, -0.2) is 9.59 Å². The van der Waals surface area contributed by atoms with Crippen LogP contribution in [0.5, 0.6) is 0 Å². The van der Waals surface area contributed by atoms with Crippen LogP contribution >= 0.6 is 0 Å². The summed E-state index contributed by atoms with van der Waals surface area (Å²) in [5.41, 5.74) is 0. The third kappa shape index (κ3) is 9.02. The van der Waals surface area contributed by atoms with Gasteiger partial charge in [-0.2, -0.15) is 0 Å². The molecule has 0 aliphatic rings. The van der Waals surface area contributed by atoms with Crippen LogP contribution in [0.3, 0.4) is 0 Å². The first kappa shape index (κ1) is 18.0. The zero-order valence-corrected chi connectivity index (χ0v) is 11.9. The van der Waals surface area contributed by atoms with Gasteiger partial charge in [0.15, 0.2) is 11.5 Å². The fourth-order valence-corrected chi connectivity index (χ4v) is 1.09. The molecule has 0 rings (SSSR count). The van der Waals surface area contributed by atoms with Crippen molar-refractivity contribution < 1.29 is 29.3 Å². The van der Waals surface area contributed by atoms with Crippen LogP contribution < -0.4 is 0 Å². The van der Waals surface area contributed by atoms with Gasteiger partial charge in [0.2, 0.25) is 0 Å². The predicted molar refractivity (Wildman–Crippen MR) is 73.2 cm³/mol. The molecule has 20 heavy (non-hydrogen) atoms. The largest absolute Gasteiger partial charge is 0.504 e. The minimum atomic E-state index is -0.782. The van der Waals surface area contributed by atoms with Gasteiger partial charge < -0.3 is 19.7 Å². The van der Waals surface area contributed by atoms with Gasteiger partial charge in [0.1, 0.15) is 0 Å². The molecular weight excluding hydrogens is 264 g/mol. The Balaban J connectivity index is 4.32. The van der Waals surface area contributed by atoms with E-state index < -0.39 is 23.5 Å². The lowest BCUT2D eigenvalue weighted by Crippen LogP contribution is -2.06. The zero-order valence-electron chi connectivity index (χ0n) is 11.9. The van der Waals surface area contributed by atoms with Crippen LogP contribution in [0, 0.1) is 0 Å². The molecule has 0 amide bonds. The highest BCUT2D eigenvalue weighted by atomic mass is 16.5. The molecular formula is C14H22O6. The molecule has 0 heterocycles. The number of hydrogen-bond acceptors (Lipinski definition) is 6. The van der Waals surface area contributed by atoms with E-state index in [1.165, 1.54) is 0 Å². The van der Waals surface area contributed by atoms with Gasteiger partial charge in [0, 0.05) is 0 Å². The van der Waals surface area contributed by atoms with Gasteiger partial charge in [-0.1, -0.05) is 26.7 Å². The van der Waals surface area contributed by atoms with Gasteiger partial charge in [-0.15, -0.1) is 0 Å². The fourth-order valence-electron chi connectivity index (χ4n) is 1.09. The van der Waals surface area contributed by atoms with E-state index in [-0.39, 0.29) is 13.2 Å². The molecule has 0 aromatic rings. The van der Waals surface area contributed by atoms with E-state index in [2.05, 4.69) is 0 Å². The van der Waals surface area contributed by atoms with Crippen molar-refractivity contribution in [3.05, 3.63) is 23.7 Å². The van der Waals surface area contributed by atoms with Crippen LogP contribution in [-0.2, 0) is 19.1 Å². The number of esters is 2. The van der Waals surface area contributed by atoms with Crippen LogP contribution in [-0.4, -0.2) is 35.4 Å². The molecule has 0 aliphatic heterocycles. The summed E-state index contributed by atoms with van der Waals surface area (Å²) in [7, 11) is 0. The average molecular weight is 286 g/mol. The van der Waals surface area contributed by atoms with Crippen molar-refractivity contribution in [3.63, 3.8) is 0 Å². The SMILES string of the molecule is CCCCOC(=O)C=C(O)C(O)=CC(=O)OCCCC. The first-order valence-electron chi connectivity index (χ1n) is 6.66. The summed E-state index contributed by atoms with van der Waals surface area (Å²) >= 11 is 0. The summed E-state index contributed by atoms with van der Waals surface area (Å²) in [6.07, 6.45) is 4.59. The third-order valence-electron chi connectivity index (χ3n) is 2.26. The quantitative estimate of drug-likeness (QED) is 0.222. The summed E-state index contributed by atoms with van der Waals surface area (Å²) in [5.74, 6) is -3.04. The standard InChI is InChI=1S/C14H22O6/c1-3-5-7-19-13(17)9-11(15)12(16)10-14(18)20-8-6-4-2/h9-10,15-16H,3-8H2,1-2H3. The highest BCUT2D eigenvalue weighted by molar-refractivity contribution is 5.85. The van der Waals surface area contributed by atoms with E-state index in [0.29, 0.717) is 25.0 Å². The van der Waals surface area contributed by atoms with Gasteiger partial charge in [-0.3, -0.25) is 0 Å². The topological polar surface area (TPSA) is 93.1 Å². The van der Waals surface area contributed by atoms with Crippen molar-refractivity contribution >= 4 is 11.9 Å². The lowest BCUT2D eigenvalue weighted by molar-refractivity contribution is -0.139. The van der Waals surface area contributed by atoms with E-state index in [4.69, 9.17) is 9.47 Å². The van der Waals surface area contributed by atoms with E-state index in [1.54, 1.807) is 0 Å². The summed E-state index contributed by atoms with van der Waals surface area (Å²) in [6, 6.07) is 0. The minimum Gasteiger partial charge on any atom is -0.504 e. The van der Waals surface area contributed by atoms with Crippen LogP contribution in [0.1, 0.15) is 39.5 Å². The Morgan fingerprint density at radius 3 is 1.50 bits per heavy atom. The second-order valence-corrected chi connectivity index (χ2v) is 4.10. The van der Waals surface area contributed by atoms with Crippen molar-refractivity contribution in [1.29, 1.82) is 0 Å². The molecule has 0 unspecified atom stereocenters. The number of aliphatic hydroxyl groups is 2. The first-order valence-corrected chi connectivity index (χ1v) is 6.66. The Kier molecular flexibility index (Phi) is 9.82. The lowest BCUT2D eigenvalue weighted by atomic mass is 10.3. The number of carbonyl (C=O) groups is 2. The minimum absolute atomic E-state index is 0.239. The molecule has 0 fully saturated rings. The lowest BCUT2D eigenvalue weighted by Gasteiger charge is -2.02.